The smallest absolute Gasteiger partial charge is 0.271 e. The molecule has 0 aliphatic rings. The molecule has 172 valence electrons. The molecule has 10 nitrogen and oxygen atoms in total. The fourth-order valence-corrected chi connectivity index (χ4v) is 3.70. The highest BCUT2D eigenvalue weighted by atomic mass is 16.6. The van der Waals surface area contributed by atoms with Crippen molar-refractivity contribution in [2.24, 2.45) is 0 Å². The Labute approximate surface area is 198 Å². The molecule has 0 atom stereocenters. The number of benzene rings is 3. The van der Waals surface area contributed by atoms with Gasteiger partial charge >= 0.3 is 0 Å². The van der Waals surface area contributed by atoms with Crippen molar-refractivity contribution in [3.05, 3.63) is 112 Å². The van der Waals surface area contributed by atoms with Crippen molar-refractivity contribution in [1.82, 2.24) is 19.3 Å². The van der Waals surface area contributed by atoms with Gasteiger partial charge in [0.25, 0.3) is 11.2 Å². The molecule has 0 fully saturated rings. The van der Waals surface area contributed by atoms with E-state index in [1.54, 1.807) is 10.7 Å². The molecule has 10 heteroatoms. The number of rotatable bonds is 6. The first-order chi connectivity index (χ1) is 17.0. The minimum atomic E-state index is -0.556. The molecule has 2 aromatic heterocycles. The number of carbonyl (C=O) groups is 1. The lowest BCUT2D eigenvalue weighted by molar-refractivity contribution is -0.384. The van der Waals surface area contributed by atoms with Crippen LogP contribution in [0.1, 0.15) is 0 Å². The van der Waals surface area contributed by atoms with Crippen molar-refractivity contribution < 1.29 is 9.72 Å². The number of nitrogens with zero attached hydrogens (tertiary/aromatic N) is 5. The molecule has 0 spiro atoms. The summed E-state index contributed by atoms with van der Waals surface area (Å²) in [6.07, 6.45) is 1.21. The molecule has 2 heterocycles. The number of nitrogens with one attached hydrogen (secondary N) is 1. The Morgan fingerprint density at radius 2 is 1.69 bits per heavy atom. The van der Waals surface area contributed by atoms with Gasteiger partial charge in [0.15, 0.2) is 0 Å². The average molecular weight is 466 g/mol. The quantitative estimate of drug-likeness (QED) is 0.300. The van der Waals surface area contributed by atoms with E-state index in [0.29, 0.717) is 11.5 Å². The average Bonchev–Trinajstić information content (AvgIpc) is 3.30. The number of aromatic nitrogens is 4. The predicted molar refractivity (Wildman–Crippen MR) is 130 cm³/mol. The number of hydrogen-bond donors (Lipinski definition) is 1. The SMILES string of the molecule is O=C(Cn1cnc2cc([N+](=O)[O-])ccc2c1=O)Nc1cc(-c2ccccc2)nn1-c1ccccc1. The molecule has 5 aromatic rings. The number of nitro groups is 1. The number of hydrogen-bond acceptors (Lipinski definition) is 6. The summed E-state index contributed by atoms with van der Waals surface area (Å²) in [5.41, 5.74) is 1.88. The van der Waals surface area contributed by atoms with Crippen LogP contribution < -0.4 is 10.9 Å². The van der Waals surface area contributed by atoms with Crippen LogP contribution in [0.5, 0.6) is 0 Å². The highest BCUT2D eigenvalue weighted by molar-refractivity contribution is 5.91. The molecule has 0 bridgehead atoms. The van der Waals surface area contributed by atoms with Crippen LogP contribution in [0.15, 0.2) is 96.1 Å². The van der Waals surface area contributed by atoms with Crippen LogP contribution in [0.3, 0.4) is 0 Å². The summed E-state index contributed by atoms with van der Waals surface area (Å²) in [5.74, 6) is -0.00988. The first-order valence-electron chi connectivity index (χ1n) is 10.6. The first kappa shape index (κ1) is 21.7. The van der Waals surface area contributed by atoms with Gasteiger partial charge in [-0.25, -0.2) is 9.67 Å². The summed E-state index contributed by atoms with van der Waals surface area (Å²) in [6.45, 7) is -0.292. The van der Waals surface area contributed by atoms with Crippen molar-refractivity contribution in [2.75, 3.05) is 5.32 Å². The van der Waals surface area contributed by atoms with Crippen LogP contribution in [0.4, 0.5) is 11.5 Å². The van der Waals surface area contributed by atoms with E-state index in [1.165, 1.54) is 24.5 Å². The number of non-ortho nitro benzene ring substituents is 1. The van der Waals surface area contributed by atoms with Gasteiger partial charge in [0.1, 0.15) is 12.4 Å². The standard InChI is InChI=1S/C25H18N6O4/c32-24(15-29-16-26-22-13-19(31(34)35)11-12-20(22)25(29)33)27-23-14-21(17-7-3-1-4-8-17)28-30(23)18-9-5-2-6-10-18/h1-14,16H,15H2,(H,27,32). The Hall–Kier alpha value is -5.12. The number of amides is 1. The molecule has 0 unspecified atom stereocenters. The minimum Gasteiger partial charge on any atom is -0.309 e. The minimum absolute atomic E-state index is 0.164. The molecule has 0 aliphatic heterocycles. The van der Waals surface area contributed by atoms with E-state index in [2.05, 4.69) is 15.4 Å². The van der Waals surface area contributed by atoms with Gasteiger partial charge in [0.05, 0.1) is 33.5 Å². The predicted octanol–water partition coefficient (Wildman–Crippen LogP) is 3.80. The monoisotopic (exact) mass is 466 g/mol. The van der Waals surface area contributed by atoms with Gasteiger partial charge < -0.3 is 5.32 Å². The molecule has 0 radical (unpaired) electrons. The van der Waals surface area contributed by atoms with E-state index < -0.39 is 16.4 Å². The Morgan fingerprint density at radius 1 is 0.971 bits per heavy atom. The van der Waals surface area contributed by atoms with Crippen LogP contribution in [-0.4, -0.2) is 30.2 Å². The fraction of sp³-hybridized carbons (Fsp3) is 0.0400. The molecule has 35 heavy (non-hydrogen) atoms. The van der Waals surface area contributed by atoms with Crippen molar-refractivity contribution in [2.45, 2.75) is 6.54 Å². The van der Waals surface area contributed by atoms with Crippen LogP contribution in [0, 0.1) is 10.1 Å². The fourth-order valence-electron chi connectivity index (χ4n) is 3.70. The van der Waals surface area contributed by atoms with Crippen LogP contribution in [0.2, 0.25) is 0 Å². The van der Waals surface area contributed by atoms with E-state index in [9.17, 15) is 19.7 Å². The summed E-state index contributed by atoms with van der Waals surface area (Å²) >= 11 is 0. The lowest BCUT2D eigenvalue weighted by atomic mass is 10.1. The van der Waals surface area contributed by atoms with Crippen molar-refractivity contribution in [3.8, 4) is 16.9 Å². The van der Waals surface area contributed by atoms with Gasteiger partial charge in [-0.3, -0.25) is 24.3 Å². The van der Waals surface area contributed by atoms with Gasteiger partial charge in [-0.1, -0.05) is 48.5 Å². The van der Waals surface area contributed by atoms with Crippen LogP contribution in [0.25, 0.3) is 27.8 Å². The van der Waals surface area contributed by atoms with Crippen molar-refractivity contribution in [3.63, 3.8) is 0 Å². The molecule has 1 amide bonds. The molecular weight excluding hydrogens is 448 g/mol. The maximum atomic E-state index is 12.9. The Bertz CT molecular complexity index is 1610. The maximum absolute atomic E-state index is 12.9. The molecule has 5 rings (SSSR count). The lowest BCUT2D eigenvalue weighted by Crippen LogP contribution is -2.28. The summed E-state index contributed by atoms with van der Waals surface area (Å²) in [5, 5.41) is 18.6. The second-order valence-corrected chi connectivity index (χ2v) is 7.71. The third-order valence-electron chi connectivity index (χ3n) is 5.38. The van der Waals surface area contributed by atoms with Gasteiger partial charge in [-0.15, -0.1) is 0 Å². The second kappa shape index (κ2) is 9.02. The molecule has 1 N–H and O–H groups in total. The zero-order valence-corrected chi connectivity index (χ0v) is 18.2. The van der Waals surface area contributed by atoms with Gasteiger partial charge in [0, 0.05) is 23.8 Å². The summed E-state index contributed by atoms with van der Waals surface area (Å²) < 4.78 is 2.78. The van der Waals surface area contributed by atoms with Gasteiger partial charge in [0.2, 0.25) is 5.91 Å². The van der Waals surface area contributed by atoms with Crippen LogP contribution in [-0.2, 0) is 11.3 Å². The molecule has 0 aliphatic carbocycles. The van der Waals surface area contributed by atoms with E-state index >= 15 is 0 Å². The highest BCUT2D eigenvalue weighted by Gasteiger charge is 2.16. The Kier molecular flexibility index (Phi) is 5.60. The molecule has 0 saturated carbocycles. The number of para-hydroxylation sites is 1. The van der Waals surface area contributed by atoms with Crippen LogP contribution >= 0.6 is 0 Å². The number of anilines is 1. The Morgan fingerprint density at radius 3 is 2.40 bits per heavy atom. The first-order valence-corrected chi connectivity index (χ1v) is 10.6. The topological polar surface area (TPSA) is 125 Å². The normalized spacial score (nSPS) is 10.9. The lowest BCUT2D eigenvalue weighted by Gasteiger charge is -2.10. The third kappa shape index (κ3) is 4.40. The molecular formula is C25H18N6O4. The second-order valence-electron chi connectivity index (χ2n) is 7.71. The van der Waals surface area contributed by atoms with Gasteiger partial charge in [-0.2, -0.15) is 5.10 Å². The summed E-state index contributed by atoms with van der Waals surface area (Å²) in [6, 6.07) is 24.5. The summed E-state index contributed by atoms with van der Waals surface area (Å²) in [7, 11) is 0. The number of fused-ring (bicyclic) bond motifs is 1. The van der Waals surface area contributed by atoms with E-state index in [0.717, 1.165) is 15.8 Å². The third-order valence-corrected chi connectivity index (χ3v) is 5.38. The maximum Gasteiger partial charge on any atom is 0.271 e. The van der Waals surface area contributed by atoms with Gasteiger partial charge in [-0.05, 0) is 18.2 Å². The molecule has 3 aromatic carbocycles. The van der Waals surface area contributed by atoms with E-state index in [-0.39, 0.29) is 23.1 Å². The zero-order valence-electron chi connectivity index (χ0n) is 18.2. The largest absolute Gasteiger partial charge is 0.309 e. The van der Waals surface area contributed by atoms with E-state index in [4.69, 9.17) is 0 Å². The number of carbonyl (C=O) groups excluding carboxylic acids is 1. The van der Waals surface area contributed by atoms with Crippen molar-refractivity contribution in [1.29, 1.82) is 0 Å². The summed E-state index contributed by atoms with van der Waals surface area (Å²) in [4.78, 5) is 40.3. The molecule has 0 saturated heterocycles. The van der Waals surface area contributed by atoms with E-state index in [1.807, 2.05) is 60.7 Å². The highest BCUT2D eigenvalue weighted by Crippen LogP contribution is 2.24. The number of nitro benzene ring substituents is 1. The zero-order chi connectivity index (χ0) is 24.4. The van der Waals surface area contributed by atoms with Crippen molar-refractivity contribution >= 4 is 28.3 Å². The Balaban J connectivity index is 1.45.